The summed E-state index contributed by atoms with van der Waals surface area (Å²) in [4.78, 5) is 4.87. The number of hydrogen-bond acceptors (Lipinski definition) is 5. The molecule has 26 heavy (non-hydrogen) atoms. The maximum absolute atomic E-state index is 5.71. The molecule has 0 spiro atoms. The highest BCUT2D eigenvalue weighted by atomic mass is 16.5. The predicted octanol–water partition coefficient (Wildman–Crippen LogP) is 3.31. The summed E-state index contributed by atoms with van der Waals surface area (Å²) in [5, 5.41) is 3.45. The Bertz CT molecular complexity index is 613. The van der Waals surface area contributed by atoms with Gasteiger partial charge in [0.1, 0.15) is 5.76 Å². The van der Waals surface area contributed by atoms with Crippen molar-refractivity contribution in [1.82, 2.24) is 9.80 Å². The van der Waals surface area contributed by atoms with Crippen LogP contribution in [0, 0.1) is 0 Å². The zero-order chi connectivity index (χ0) is 18.8. The first kappa shape index (κ1) is 19.9. The molecule has 0 aliphatic carbocycles. The van der Waals surface area contributed by atoms with E-state index in [0.717, 1.165) is 68.5 Å². The van der Waals surface area contributed by atoms with Gasteiger partial charge in [-0.25, -0.2) is 0 Å². The van der Waals surface area contributed by atoms with E-state index in [4.69, 9.17) is 10.5 Å². The lowest BCUT2D eigenvalue weighted by molar-refractivity contribution is 0.155. The number of hydrogen-bond donors (Lipinski definition) is 2. The fourth-order valence-electron chi connectivity index (χ4n) is 3.14. The monoisotopic (exact) mass is 356 g/mol. The average molecular weight is 357 g/mol. The van der Waals surface area contributed by atoms with E-state index in [0.29, 0.717) is 0 Å². The third kappa shape index (κ3) is 5.85. The summed E-state index contributed by atoms with van der Waals surface area (Å²) in [6, 6.07) is 7.90. The van der Waals surface area contributed by atoms with Gasteiger partial charge >= 0.3 is 0 Å². The van der Waals surface area contributed by atoms with Crippen LogP contribution in [-0.4, -0.2) is 56.2 Å². The van der Waals surface area contributed by atoms with Crippen LogP contribution in [-0.2, 0) is 4.74 Å². The molecule has 0 bridgehead atoms. The Morgan fingerprint density at radius 3 is 2.50 bits per heavy atom. The number of nitrogens with one attached hydrogen (secondary N) is 1. The van der Waals surface area contributed by atoms with Gasteiger partial charge in [0, 0.05) is 44.1 Å². The second kappa shape index (κ2) is 10.6. The molecule has 5 nitrogen and oxygen atoms in total. The first-order chi connectivity index (χ1) is 12.7. The molecule has 2 rings (SSSR count). The van der Waals surface area contributed by atoms with E-state index < -0.39 is 0 Å². The zero-order valence-electron chi connectivity index (χ0n) is 16.1. The van der Waals surface area contributed by atoms with Gasteiger partial charge in [-0.05, 0) is 56.3 Å². The first-order valence-corrected chi connectivity index (χ1v) is 9.28. The third-order valence-electron chi connectivity index (χ3n) is 4.59. The normalized spacial score (nSPS) is 16.5. The Morgan fingerprint density at radius 2 is 1.92 bits per heavy atom. The van der Waals surface area contributed by atoms with E-state index in [1.165, 1.54) is 0 Å². The summed E-state index contributed by atoms with van der Waals surface area (Å²) < 4.78 is 5.50. The van der Waals surface area contributed by atoms with E-state index in [2.05, 4.69) is 21.7 Å². The molecule has 1 heterocycles. The van der Waals surface area contributed by atoms with Crippen molar-refractivity contribution >= 4 is 11.4 Å². The van der Waals surface area contributed by atoms with Crippen molar-refractivity contribution in [1.29, 1.82) is 0 Å². The number of methoxy groups -OCH3 is 1. The van der Waals surface area contributed by atoms with E-state index in [-0.39, 0.29) is 0 Å². The quantitative estimate of drug-likeness (QED) is 0.308. The summed E-state index contributed by atoms with van der Waals surface area (Å²) in [5.41, 5.74) is 8.71. The molecule has 0 radical (unpaired) electrons. The van der Waals surface area contributed by atoms with Gasteiger partial charge in [0.05, 0.1) is 12.8 Å². The minimum absolute atomic E-state index is 0.799. The Labute approximate surface area is 157 Å². The van der Waals surface area contributed by atoms with Crippen LogP contribution in [0.3, 0.4) is 0 Å². The van der Waals surface area contributed by atoms with Gasteiger partial charge in [-0.15, -0.1) is 0 Å². The molecular formula is C21H32N4O. The van der Waals surface area contributed by atoms with Gasteiger partial charge in [-0.3, -0.25) is 4.90 Å². The second-order valence-electron chi connectivity index (χ2n) is 6.39. The van der Waals surface area contributed by atoms with Gasteiger partial charge in [0.25, 0.3) is 0 Å². The summed E-state index contributed by atoms with van der Waals surface area (Å²) >= 11 is 0. The van der Waals surface area contributed by atoms with Crippen molar-refractivity contribution in [3.8, 4) is 0 Å². The maximum atomic E-state index is 5.71. The van der Waals surface area contributed by atoms with Crippen LogP contribution >= 0.6 is 0 Å². The van der Waals surface area contributed by atoms with Crippen LogP contribution in [0.15, 0.2) is 60.5 Å². The molecule has 3 N–H and O–H groups in total. The molecule has 1 fully saturated rings. The standard InChI is InChI=1S/C21H32N4O/c1-4-7-21(26-3)20(5-2)25-16-14-24(15-17-25)13-6-12-23-19-10-8-18(22)9-11-19/h4-5,7-11,23H,2,6,12-17,22H2,1,3H3/b7-4-,21-20-. The molecule has 1 aromatic carbocycles. The van der Waals surface area contributed by atoms with Gasteiger partial charge in [0.15, 0.2) is 0 Å². The van der Waals surface area contributed by atoms with Crippen LogP contribution in [0.4, 0.5) is 11.4 Å². The summed E-state index contributed by atoms with van der Waals surface area (Å²) in [7, 11) is 1.71. The predicted molar refractivity (Wildman–Crippen MR) is 111 cm³/mol. The molecule has 0 amide bonds. The molecule has 1 saturated heterocycles. The fraction of sp³-hybridized carbons (Fsp3) is 0.429. The van der Waals surface area contributed by atoms with Crippen molar-refractivity contribution in [3.05, 3.63) is 60.5 Å². The third-order valence-corrected chi connectivity index (χ3v) is 4.59. The fourth-order valence-corrected chi connectivity index (χ4v) is 3.14. The number of nitrogen functional groups attached to an aromatic ring is 1. The minimum atomic E-state index is 0.799. The van der Waals surface area contributed by atoms with Crippen molar-refractivity contribution in [3.63, 3.8) is 0 Å². The lowest BCUT2D eigenvalue weighted by Gasteiger charge is -2.37. The van der Waals surface area contributed by atoms with Crippen molar-refractivity contribution in [2.24, 2.45) is 0 Å². The van der Waals surface area contributed by atoms with Crippen LogP contribution in [0.1, 0.15) is 13.3 Å². The van der Waals surface area contributed by atoms with Crippen LogP contribution < -0.4 is 11.1 Å². The number of piperazine rings is 1. The number of anilines is 2. The molecule has 1 aromatic rings. The molecule has 1 aliphatic heterocycles. The van der Waals surface area contributed by atoms with Crippen LogP contribution in [0.25, 0.3) is 0 Å². The van der Waals surface area contributed by atoms with Crippen molar-refractivity contribution in [2.75, 3.05) is 57.4 Å². The Morgan fingerprint density at radius 1 is 1.23 bits per heavy atom. The largest absolute Gasteiger partial charge is 0.495 e. The highest BCUT2D eigenvalue weighted by Crippen LogP contribution is 2.17. The number of ether oxygens (including phenoxy) is 1. The molecule has 0 unspecified atom stereocenters. The Kier molecular flexibility index (Phi) is 8.09. The van der Waals surface area contributed by atoms with E-state index in [1.54, 1.807) is 7.11 Å². The number of nitrogens with zero attached hydrogens (tertiary/aromatic N) is 2. The van der Waals surface area contributed by atoms with E-state index in [1.807, 2.05) is 49.4 Å². The SMILES string of the molecule is C=C/C(=C(\C=C/C)OC)N1CCN(CCCNc2ccc(N)cc2)CC1. The van der Waals surface area contributed by atoms with Crippen LogP contribution in [0.5, 0.6) is 0 Å². The van der Waals surface area contributed by atoms with Gasteiger partial charge in [-0.1, -0.05) is 12.7 Å². The maximum Gasteiger partial charge on any atom is 0.141 e. The smallest absolute Gasteiger partial charge is 0.141 e. The highest BCUT2D eigenvalue weighted by Gasteiger charge is 2.19. The van der Waals surface area contributed by atoms with Crippen molar-refractivity contribution in [2.45, 2.75) is 13.3 Å². The minimum Gasteiger partial charge on any atom is -0.495 e. The van der Waals surface area contributed by atoms with Gasteiger partial charge < -0.3 is 20.7 Å². The summed E-state index contributed by atoms with van der Waals surface area (Å²) in [6.07, 6.45) is 7.00. The lowest BCUT2D eigenvalue weighted by Crippen LogP contribution is -2.46. The number of rotatable bonds is 9. The van der Waals surface area contributed by atoms with Gasteiger partial charge in [0.2, 0.25) is 0 Å². The lowest BCUT2D eigenvalue weighted by atomic mass is 10.2. The first-order valence-electron chi connectivity index (χ1n) is 9.28. The second-order valence-corrected chi connectivity index (χ2v) is 6.39. The highest BCUT2D eigenvalue weighted by molar-refractivity contribution is 5.51. The molecule has 0 aromatic heterocycles. The van der Waals surface area contributed by atoms with E-state index >= 15 is 0 Å². The van der Waals surface area contributed by atoms with Crippen LogP contribution in [0.2, 0.25) is 0 Å². The zero-order valence-corrected chi connectivity index (χ0v) is 16.1. The summed E-state index contributed by atoms with van der Waals surface area (Å²) in [6.45, 7) is 12.1. The Balaban J connectivity index is 1.74. The van der Waals surface area contributed by atoms with E-state index in [9.17, 15) is 0 Å². The molecule has 0 saturated carbocycles. The van der Waals surface area contributed by atoms with Gasteiger partial charge in [-0.2, -0.15) is 0 Å². The number of benzene rings is 1. The number of nitrogens with two attached hydrogens (primary N) is 1. The molecule has 1 aliphatic rings. The molecule has 5 heteroatoms. The van der Waals surface area contributed by atoms with Crippen molar-refractivity contribution < 1.29 is 4.74 Å². The molecule has 0 atom stereocenters. The molecular weight excluding hydrogens is 324 g/mol. The molecule has 142 valence electrons. The average Bonchev–Trinajstić information content (AvgIpc) is 2.67. The summed E-state index contributed by atoms with van der Waals surface area (Å²) in [5.74, 6) is 0.878. The number of allylic oxidation sites excluding steroid dienone is 3. The topological polar surface area (TPSA) is 53.8 Å². The Hall–Kier alpha value is -2.40.